The standard InChI is InChI=1S/C16H25N/c1-13(2)16-14(3)8-7-11-17(16)12-15-9-5-4-6-10-15/h4-6,9-10,13-14,16H,7-8,11-12H2,1-3H3/t14-,16-/m0/s1. The molecule has 0 radical (unpaired) electrons. The molecule has 1 aliphatic rings. The fourth-order valence-electron chi connectivity index (χ4n) is 3.38. The Balaban J connectivity index is 2.07. The Morgan fingerprint density at radius 2 is 1.94 bits per heavy atom. The Labute approximate surface area is 106 Å². The highest BCUT2D eigenvalue weighted by Gasteiger charge is 2.30. The molecule has 0 unspecified atom stereocenters. The molecule has 94 valence electrons. The van der Waals surface area contributed by atoms with Gasteiger partial charge in [-0.05, 0) is 36.8 Å². The van der Waals surface area contributed by atoms with Gasteiger partial charge in [-0.2, -0.15) is 0 Å². The summed E-state index contributed by atoms with van der Waals surface area (Å²) in [4.78, 5) is 2.69. The second-order valence-corrected chi connectivity index (χ2v) is 5.81. The van der Waals surface area contributed by atoms with Gasteiger partial charge in [0.05, 0.1) is 0 Å². The van der Waals surface area contributed by atoms with E-state index in [4.69, 9.17) is 0 Å². The van der Waals surface area contributed by atoms with E-state index in [2.05, 4.69) is 56.0 Å². The summed E-state index contributed by atoms with van der Waals surface area (Å²) in [6.45, 7) is 9.53. The van der Waals surface area contributed by atoms with Crippen LogP contribution in [0, 0.1) is 11.8 Å². The molecule has 0 bridgehead atoms. The fourth-order valence-corrected chi connectivity index (χ4v) is 3.38. The van der Waals surface area contributed by atoms with Crippen LogP contribution in [0.2, 0.25) is 0 Å². The average molecular weight is 231 g/mol. The molecule has 1 heteroatoms. The first-order valence-corrected chi connectivity index (χ1v) is 6.96. The second-order valence-electron chi connectivity index (χ2n) is 5.81. The number of rotatable bonds is 3. The Morgan fingerprint density at radius 1 is 1.24 bits per heavy atom. The molecule has 2 atom stereocenters. The van der Waals surface area contributed by atoms with Crippen LogP contribution in [0.15, 0.2) is 30.3 Å². The van der Waals surface area contributed by atoms with E-state index in [1.165, 1.54) is 24.9 Å². The molecule has 1 heterocycles. The topological polar surface area (TPSA) is 3.24 Å². The van der Waals surface area contributed by atoms with E-state index >= 15 is 0 Å². The van der Waals surface area contributed by atoms with Gasteiger partial charge in [-0.3, -0.25) is 4.90 Å². The highest BCUT2D eigenvalue weighted by atomic mass is 15.2. The lowest BCUT2D eigenvalue weighted by Crippen LogP contribution is -2.46. The van der Waals surface area contributed by atoms with Crippen LogP contribution in [0.5, 0.6) is 0 Å². The predicted octanol–water partition coefficient (Wildman–Crippen LogP) is 3.94. The first-order valence-electron chi connectivity index (χ1n) is 6.96. The minimum atomic E-state index is 0.754. The largest absolute Gasteiger partial charge is 0.296 e. The van der Waals surface area contributed by atoms with E-state index in [0.29, 0.717) is 0 Å². The van der Waals surface area contributed by atoms with Gasteiger partial charge in [0.15, 0.2) is 0 Å². The summed E-state index contributed by atoms with van der Waals surface area (Å²) in [7, 11) is 0. The van der Waals surface area contributed by atoms with Crippen molar-refractivity contribution in [2.75, 3.05) is 6.54 Å². The summed E-state index contributed by atoms with van der Waals surface area (Å²) < 4.78 is 0. The number of hydrogen-bond acceptors (Lipinski definition) is 1. The maximum Gasteiger partial charge on any atom is 0.0236 e. The van der Waals surface area contributed by atoms with Crippen molar-refractivity contribution in [2.45, 2.75) is 46.2 Å². The summed E-state index contributed by atoms with van der Waals surface area (Å²) in [5.41, 5.74) is 1.45. The molecule has 0 saturated carbocycles. The van der Waals surface area contributed by atoms with Gasteiger partial charge in [0.25, 0.3) is 0 Å². The van der Waals surface area contributed by atoms with Gasteiger partial charge in [-0.15, -0.1) is 0 Å². The molecule has 0 aliphatic carbocycles. The van der Waals surface area contributed by atoms with Gasteiger partial charge in [0.1, 0.15) is 0 Å². The van der Waals surface area contributed by atoms with Gasteiger partial charge in [0, 0.05) is 12.6 Å². The van der Waals surface area contributed by atoms with Crippen LogP contribution < -0.4 is 0 Å². The number of likely N-dealkylation sites (tertiary alicyclic amines) is 1. The Bertz CT molecular complexity index is 331. The summed E-state index contributed by atoms with van der Waals surface area (Å²) in [6, 6.07) is 11.6. The number of nitrogens with zero attached hydrogens (tertiary/aromatic N) is 1. The van der Waals surface area contributed by atoms with Gasteiger partial charge < -0.3 is 0 Å². The van der Waals surface area contributed by atoms with E-state index in [9.17, 15) is 0 Å². The van der Waals surface area contributed by atoms with Gasteiger partial charge in [-0.25, -0.2) is 0 Å². The summed E-state index contributed by atoms with van der Waals surface area (Å²) in [5.74, 6) is 1.60. The van der Waals surface area contributed by atoms with Crippen LogP contribution in [0.4, 0.5) is 0 Å². The molecule has 17 heavy (non-hydrogen) atoms. The van der Waals surface area contributed by atoms with Crippen molar-refractivity contribution in [3.8, 4) is 0 Å². The lowest BCUT2D eigenvalue weighted by atomic mass is 9.83. The molecule has 0 amide bonds. The van der Waals surface area contributed by atoms with E-state index in [0.717, 1.165) is 24.4 Å². The lowest BCUT2D eigenvalue weighted by Gasteiger charge is -2.42. The summed E-state index contributed by atoms with van der Waals surface area (Å²) >= 11 is 0. The predicted molar refractivity (Wildman–Crippen MR) is 73.9 cm³/mol. The van der Waals surface area contributed by atoms with Gasteiger partial charge in [-0.1, -0.05) is 51.1 Å². The van der Waals surface area contributed by atoms with Crippen LogP contribution in [0.25, 0.3) is 0 Å². The van der Waals surface area contributed by atoms with Crippen molar-refractivity contribution in [1.82, 2.24) is 4.90 Å². The van der Waals surface area contributed by atoms with Crippen LogP contribution in [-0.4, -0.2) is 17.5 Å². The van der Waals surface area contributed by atoms with Crippen molar-refractivity contribution < 1.29 is 0 Å². The molecule has 1 aromatic carbocycles. The molecule has 0 aromatic heterocycles. The van der Waals surface area contributed by atoms with Crippen molar-refractivity contribution in [3.05, 3.63) is 35.9 Å². The van der Waals surface area contributed by atoms with Crippen molar-refractivity contribution in [1.29, 1.82) is 0 Å². The third kappa shape index (κ3) is 3.10. The highest BCUT2D eigenvalue weighted by Crippen LogP contribution is 2.29. The second kappa shape index (κ2) is 5.68. The molecular weight excluding hydrogens is 206 g/mol. The van der Waals surface area contributed by atoms with Crippen molar-refractivity contribution in [2.24, 2.45) is 11.8 Å². The van der Waals surface area contributed by atoms with Crippen LogP contribution in [-0.2, 0) is 6.54 Å². The zero-order valence-electron chi connectivity index (χ0n) is 11.4. The fraction of sp³-hybridized carbons (Fsp3) is 0.625. The Hall–Kier alpha value is -0.820. The number of benzene rings is 1. The minimum Gasteiger partial charge on any atom is -0.296 e. The van der Waals surface area contributed by atoms with E-state index in [1.54, 1.807) is 0 Å². The monoisotopic (exact) mass is 231 g/mol. The van der Waals surface area contributed by atoms with Crippen LogP contribution in [0.3, 0.4) is 0 Å². The van der Waals surface area contributed by atoms with E-state index < -0.39 is 0 Å². The van der Waals surface area contributed by atoms with E-state index in [1.807, 2.05) is 0 Å². The normalized spacial score (nSPS) is 26.4. The molecule has 1 aromatic rings. The summed E-state index contributed by atoms with van der Waals surface area (Å²) in [6.07, 6.45) is 2.76. The molecular formula is C16H25N. The highest BCUT2D eigenvalue weighted by molar-refractivity contribution is 5.14. The number of hydrogen-bond donors (Lipinski definition) is 0. The molecule has 1 nitrogen and oxygen atoms in total. The maximum atomic E-state index is 2.69. The Kier molecular flexibility index (Phi) is 4.22. The van der Waals surface area contributed by atoms with Crippen molar-refractivity contribution in [3.63, 3.8) is 0 Å². The number of piperidine rings is 1. The molecule has 0 spiro atoms. The third-order valence-corrected chi connectivity index (χ3v) is 4.02. The molecule has 1 aliphatic heterocycles. The quantitative estimate of drug-likeness (QED) is 0.761. The molecule has 1 fully saturated rings. The zero-order valence-corrected chi connectivity index (χ0v) is 11.4. The smallest absolute Gasteiger partial charge is 0.0236 e. The van der Waals surface area contributed by atoms with Crippen LogP contribution in [0.1, 0.15) is 39.2 Å². The Morgan fingerprint density at radius 3 is 2.59 bits per heavy atom. The SMILES string of the molecule is CC(C)[C@H]1[C@@H](C)CCCN1Cc1ccccc1. The van der Waals surface area contributed by atoms with E-state index in [-0.39, 0.29) is 0 Å². The minimum absolute atomic E-state index is 0.754. The van der Waals surface area contributed by atoms with Crippen LogP contribution >= 0.6 is 0 Å². The lowest BCUT2D eigenvalue weighted by molar-refractivity contribution is 0.0609. The van der Waals surface area contributed by atoms with Gasteiger partial charge in [0.2, 0.25) is 0 Å². The molecule has 2 rings (SSSR count). The maximum absolute atomic E-state index is 2.69. The molecule has 0 N–H and O–H groups in total. The zero-order chi connectivity index (χ0) is 12.3. The average Bonchev–Trinajstić information content (AvgIpc) is 2.30. The summed E-state index contributed by atoms with van der Waals surface area (Å²) in [5, 5.41) is 0. The third-order valence-electron chi connectivity index (χ3n) is 4.02. The van der Waals surface area contributed by atoms with Gasteiger partial charge >= 0.3 is 0 Å². The van der Waals surface area contributed by atoms with Crippen molar-refractivity contribution >= 4 is 0 Å². The first kappa shape index (κ1) is 12.6. The first-order chi connectivity index (χ1) is 8.18. The molecule has 1 saturated heterocycles.